The van der Waals surface area contributed by atoms with Gasteiger partial charge in [-0.15, -0.1) is 0 Å². The Hall–Kier alpha value is -2.86. The van der Waals surface area contributed by atoms with Crippen molar-refractivity contribution in [3.05, 3.63) is 89.0 Å². The molecule has 0 saturated carbocycles. The van der Waals surface area contributed by atoms with Gasteiger partial charge in [-0.1, -0.05) is 18.2 Å². The Balaban J connectivity index is 0.00000408. The molecule has 0 saturated heterocycles. The molecule has 2 aromatic carbocycles. The molecule has 0 amide bonds. The molecule has 0 radical (unpaired) electrons. The highest BCUT2D eigenvalue weighted by molar-refractivity contribution is 6.04. The molecule has 1 aliphatic rings. The maximum atomic E-state index is 9.42. The third-order valence-corrected chi connectivity index (χ3v) is 5.93. The van der Waals surface area contributed by atoms with Gasteiger partial charge in [-0.25, -0.2) is 4.58 Å². The first kappa shape index (κ1) is 27.4. The van der Waals surface area contributed by atoms with E-state index in [1.807, 2.05) is 33.1 Å². The molecule has 0 bridgehead atoms. The number of nitrogens with zero attached hydrogens (tertiary/aromatic N) is 3. The van der Waals surface area contributed by atoms with Crippen LogP contribution in [0.25, 0.3) is 5.57 Å². The predicted molar refractivity (Wildman–Crippen MR) is 140 cm³/mol. The van der Waals surface area contributed by atoms with Crippen LogP contribution < -0.4 is 22.2 Å². The molecule has 5 nitrogen and oxygen atoms in total. The van der Waals surface area contributed by atoms with Gasteiger partial charge in [-0.3, -0.25) is 0 Å². The van der Waals surface area contributed by atoms with Gasteiger partial charge in [0.05, 0.1) is 13.2 Å². The number of rotatable bonds is 8. The predicted octanol–water partition coefficient (Wildman–Crippen LogP) is 0.497. The molecule has 1 aliphatic carbocycles. The Labute approximate surface area is 210 Å². The van der Waals surface area contributed by atoms with Crippen LogP contribution in [0.1, 0.15) is 16.7 Å². The van der Waals surface area contributed by atoms with E-state index in [0.717, 1.165) is 33.8 Å². The third-order valence-electron chi connectivity index (χ3n) is 5.93. The van der Waals surface area contributed by atoms with Crippen molar-refractivity contribution in [1.29, 1.82) is 0 Å². The number of allylic oxidation sites excluding steroid dienone is 5. The minimum Gasteiger partial charge on any atom is -1.00 e. The third kappa shape index (κ3) is 6.38. The first-order valence-corrected chi connectivity index (χ1v) is 11.4. The summed E-state index contributed by atoms with van der Waals surface area (Å²) in [6.45, 7) is 3.21. The van der Waals surface area contributed by atoms with Crippen molar-refractivity contribution in [2.75, 3.05) is 64.3 Å². The number of hydrogen-bond donors (Lipinski definition) is 2. The fourth-order valence-electron chi connectivity index (χ4n) is 4.07. The van der Waals surface area contributed by atoms with Crippen LogP contribution in [0.3, 0.4) is 0 Å². The van der Waals surface area contributed by atoms with Crippen molar-refractivity contribution in [2.45, 2.75) is 6.92 Å². The van der Waals surface area contributed by atoms with Crippen LogP contribution in [0.2, 0.25) is 0 Å². The lowest BCUT2D eigenvalue weighted by Gasteiger charge is -2.25. The highest BCUT2D eigenvalue weighted by Gasteiger charge is 2.16. The normalized spacial score (nSPS) is 12.4. The van der Waals surface area contributed by atoms with E-state index in [0.29, 0.717) is 13.1 Å². The number of aliphatic hydroxyl groups excluding tert-OH is 2. The van der Waals surface area contributed by atoms with Crippen molar-refractivity contribution in [2.24, 2.45) is 0 Å². The van der Waals surface area contributed by atoms with Gasteiger partial charge in [0.15, 0.2) is 5.71 Å². The summed E-state index contributed by atoms with van der Waals surface area (Å²) in [6.07, 6.45) is 8.66. The first-order valence-electron chi connectivity index (χ1n) is 11.4. The summed E-state index contributed by atoms with van der Waals surface area (Å²) in [5.41, 5.74) is 9.16. The minimum absolute atomic E-state index is 0. The molecule has 2 aromatic rings. The van der Waals surface area contributed by atoms with E-state index in [4.69, 9.17) is 0 Å². The summed E-state index contributed by atoms with van der Waals surface area (Å²) in [6, 6.07) is 15.0. The lowest BCUT2D eigenvalue weighted by atomic mass is 9.88. The van der Waals surface area contributed by atoms with Crippen LogP contribution in [0, 0.1) is 6.92 Å². The zero-order chi connectivity index (χ0) is 24.0. The topological polar surface area (TPSA) is 50.0 Å². The molecule has 182 valence electrons. The van der Waals surface area contributed by atoms with Crippen molar-refractivity contribution in [1.82, 2.24) is 0 Å². The van der Waals surface area contributed by atoms with Gasteiger partial charge in [0.1, 0.15) is 14.1 Å². The number of aliphatic hydroxyl groups is 2. The monoisotopic (exact) mass is 481 g/mol. The molecule has 34 heavy (non-hydrogen) atoms. The van der Waals surface area contributed by atoms with Crippen molar-refractivity contribution in [3.8, 4) is 0 Å². The van der Waals surface area contributed by atoms with Gasteiger partial charge in [-0.05, 0) is 71.2 Å². The van der Waals surface area contributed by atoms with Gasteiger partial charge >= 0.3 is 0 Å². The van der Waals surface area contributed by atoms with Crippen LogP contribution in [0.15, 0.2) is 72.3 Å². The Morgan fingerprint density at radius 3 is 1.85 bits per heavy atom. The molecule has 3 rings (SSSR count). The quantitative estimate of drug-likeness (QED) is 0.539. The molecule has 0 fully saturated rings. The van der Waals surface area contributed by atoms with Gasteiger partial charge in [0, 0.05) is 50.7 Å². The smallest absolute Gasteiger partial charge is 0.199 e. The molecule has 0 unspecified atom stereocenters. The lowest BCUT2D eigenvalue weighted by Crippen LogP contribution is -3.00. The van der Waals surface area contributed by atoms with E-state index in [1.165, 1.54) is 11.1 Å². The molecular formula is C28H36ClN3O2. The molecule has 0 atom stereocenters. The minimum atomic E-state index is 0. The lowest BCUT2D eigenvalue weighted by molar-refractivity contribution is -0.462. The second kappa shape index (κ2) is 12.6. The van der Waals surface area contributed by atoms with Crippen molar-refractivity contribution >= 4 is 22.7 Å². The molecule has 2 N–H and O–H groups in total. The maximum Gasteiger partial charge on any atom is 0.199 e. The molecule has 0 heterocycles. The number of benzene rings is 2. The second-order valence-electron chi connectivity index (χ2n) is 8.69. The van der Waals surface area contributed by atoms with Crippen LogP contribution in [0.4, 0.5) is 11.4 Å². The van der Waals surface area contributed by atoms with E-state index in [9.17, 15) is 10.2 Å². The van der Waals surface area contributed by atoms with Crippen LogP contribution in [-0.2, 0) is 0 Å². The largest absolute Gasteiger partial charge is 1.00 e. The Morgan fingerprint density at radius 2 is 1.38 bits per heavy atom. The molecule has 0 aromatic heterocycles. The van der Waals surface area contributed by atoms with Gasteiger partial charge in [-0.2, -0.15) is 0 Å². The summed E-state index contributed by atoms with van der Waals surface area (Å²) in [5.74, 6) is 0. The van der Waals surface area contributed by atoms with E-state index in [1.54, 1.807) is 0 Å². The van der Waals surface area contributed by atoms with Crippen LogP contribution in [-0.4, -0.2) is 75.0 Å². The highest BCUT2D eigenvalue weighted by Crippen LogP contribution is 2.34. The zero-order valence-corrected chi connectivity index (χ0v) is 21.5. The van der Waals surface area contributed by atoms with Crippen molar-refractivity contribution in [3.63, 3.8) is 0 Å². The maximum absolute atomic E-state index is 9.42. The number of halogens is 1. The van der Waals surface area contributed by atoms with E-state index < -0.39 is 0 Å². The average molecular weight is 482 g/mol. The Kier molecular flexibility index (Phi) is 10.1. The summed E-state index contributed by atoms with van der Waals surface area (Å²) in [4.78, 5) is 4.11. The molecule has 0 spiro atoms. The molecule has 0 aliphatic heterocycles. The van der Waals surface area contributed by atoms with Gasteiger partial charge in [0.25, 0.3) is 0 Å². The Morgan fingerprint density at radius 1 is 0.824 bits per heavy atom. The fourth-order valence-corrected chi connectivity index (χ4v) is 4.07. The number of hydrogen-bond acceptors (Lipinski definition) is 4. The number of aryl methyl sites for hydroxylation is 1. The van der Waals surface area contributed by atoms with E-state index >= 15 is 0 Å². The fraction of sp³-hybridized carbons (Fsp3) is 0.321. The number of anilines is 2. The summed E-state index contributed by atoms with van der Waals surface area (Å²) in [7, 11) is 8.19. The standard InChI is InChI=1S/C28H36N3O2.ClH/c1-21-20-26(31(16-18-32)17-19-33)14-15-27(21)28(22-6-10-24(11-7-22)29(2)3)23-8-12-25(13-9-23)30(4)5;/h6-15,20,32-33H,16-19H2,1-5H3;1H/q+1;/p-1. The van der Waals surface area contributed by atoms with E-state index in [2.05, 4.69) is 83.2 Å². The molecular weight excluding hydrogens is 446 g/mol. The second-order valence-corrected chi connectivity index (χ2v) is 8.69. The van der Waals surface area contributed by atoms with Crippen molar-refractivity contribution < 1.29 is 27.2 Å². The zero-order valence-electron chi connectivity index (χ0n) is 20.8. The van der Waals surface area contributed by atoms with E-state index in [-0.39, 0.29) is 25.6 Å². The van der Waals surface area contributed by atoms with Crippen LogP contribution >= 0.6 is 0 Å². The SMILES string of the molecule is Cc1cc(N(CCO)CCO)ccc1C(=C1C=CC(=[N+](C)C)C=C1)c1ccc(N(C)C)cc1.[Cl-]. The summed E-state index contributed by atoms with van der Waals surface area (Å²) < 4.78 is 2.10. The molecule has 6 heteroatoms. The van der Waals surface area contributed by atoms with Gasteiger partial charge < -0.3 is 32.4 Å². The highest BCUT2D eigenvalue weighted by atomic mass is 35.5. The average Bonchev–Trinajstić information content (AvgIpc) is 2.81. The summed E-state index contributed by atoms with van der Waals surface area (Å²) >= 11 is 0. The van der Waals surface area contributed by atoms with Crippen LogP contribution in [0.5, 0.6) is 0 Å². The van der Waals surface area contributed by atoms with Gasteiger partial charge in [0.2, 0.25) is 0 Å². The Bertz CT molecular complexity index is 1070. The summed E-state index contributed by atoms with van der Waals surface area (Å²) in [5, 5.41) is 18.8. The first-order chi connectivity index (χ1) is 15.8.